The molecule has 1 aliphatic carbocycles. The molecule has 0 bridgehead atoms. The Morgan fingerprint density at radius 3 is 2.72 bits per heavy atom. The van der Waals surface area contributed by atoms with Crippen molar-refractivity contribution in [2.45, 2.75) is 31.9 Å². The van der Waals surface area contributed by atoms with Gasteiger partial charge in [0.1, 0.15) is 6.54 Å². The second-order valence-corrected chi connectivity index (χ2v) is 5.10. The lowest BCUT2D eigenvalue weighted by Crippen LogP contribution is -2.36. The molecule has 1 aromatic heterocycles. The fourth-order valence-electron chi connectivity index (χ4n) is 1.73. The molecule has 4 nitrogen and oxygen atoms in total. The van der Waals surface area contributed by atoms with Crippen LogP contribution in [0.1, 0.15) is 23.4 Å². The van der Waals surface area contributed by atoms with E-state index in [1.165, 1.54) is 11.3 Å². The van der Waals surface area contributed by atoms with Crippen LogP contribution in [-0.4, -0.2) is 23.7 Å². The number of halogens is 3. The number of aromatic nitrogens is 1. The van der Waals surface area contributed by atoms with Gasteiger partial charge in [-0.2, -0.15) is 13.2 Å². The molecule has 0 unspecified atom stereocenters. The van der Waals surface area contributed by atoms with Crippen LogP contribution in [0.2, 0.25) is 0 Å². The van der Waals surface area contributed by atoms with E-state index in [4.69, 9.17) is 0 Å². The van der Waals surface area contributed by atoms with Crippen molar-refractivity contribution in [3.63, 3.8) is 0 Å². The number of hydrogen-bond acceptors (Lipinski definition) is 3. The highest BCUT2D eigenvalue weighted by Gasteiger charge is 2.28. The monoisotopic (exact) mass is 279 g/mol. The zero-order valence-electron chi connectivity index (χ0n) is 9.43. The molecule has 0 saturated carbocycles. The summed E-state index contributed by atoms with van der Waals surface area (Å²) in [7, 11) is 0. The maximum Gasteiger partial charge on any atom is 0.405 e. The van der Waals surface area contributed by atoms with Gasteiger partial charge in [0.05, 0.1) is 5.69 Å². The SMILES string of the molecule is O=C(NCC(F)(F)F)Nc1nc2c(s1)CCCC2. The number of urea groups is 1. The molecule has 0 saturated heterocycles. The summed E-state index contributed by atoms with van der Waals surface area (Å²) in [5, 5.41) is 4.43. The van der Waals surface area contributed by atoms with Gasteiger partial charge in [-0.3, -0.25) is 5.32 Å². The summed E-state index contributed by atoms with van der Waals surface area (Å²) in [6.07, 6.45) is -0.443. The number of carbonyl (C=O) groups excluding carboxylic acids is 1. The molecule has 100 valence electrons. The summed E-state index contributed by atoms with van der Waals surface area (Å²) in [6, 6.07) is -0.876. The number of rotatable bonds is 2. The van der Waals surface area contributed by atoms with Crippen molar-refractivity contribution in [1.82, 2.24) is 10.3 Å². The molecule has 0 atom stereocenters. The number of alkyl halides is 3. The lowest BCUT2D eigenvalue weighted by molar-refractivity contribution is -0.122. The van der Waals surface area contributed by atoms with E-state index in [1.807, 2.05) is 0 Å². The Labute approximate surface area is 106 Å². The third kappa shape index (κ3) is 3.59. The van der Waals surface area contributed by atoms with Gasteiger partial charge in [0.25, 0.3) is 0 Å². The third-order valence-electron chi connectivity index (χ3n) is 2.52. The lowest BCUT2D eigenvalue weighted by Gasteiger charge is -2.07. The summed E-state index contributed by atoms with van der Waals surface area (Å²) >= 11 is 1.33. The van der Waals surface area contributed by atoms with Crippen molar-refractivity contribution in [2.75, 3.05) is 11.9 Å². The molecule has 2 amide bonds. The Hall–Kier alpha value is -1.31. The number of aryl methyl sites for hydroxylation is 2. The average molecular weight is 279 g/mol. The van der Waals surface area contributed by atoms with Crippen LogP contribution in [0.25, 0.3) is 0 Å². The first-order chi connectivity index (χ1) is 8.44. The minimum Gasteiger partial charge on any atom is -0.329 e. The minimum absolute atomic E-state index is 0.363. The zero-order chi connectivity index (χ0) is 13.2. The van der Waals surface area contributed by atoms with Gasteiger partial charge < -0.3 is 5.32 Å². The van der Waals surface area contributed by atoms with Crippen molar-refractivity contribution in [3.8, 4) is 0 Å². The van der Waals surface area contributed by atoms with Crippen LogP contribution in [0, 0.1) is 0 Å². The third-order valence-corrected chi connectivity index (χ3v) is 3.59. The molecule has 1 aromatic rings. The van der Waals surface area contributed by atoms with Crippen molar-refractivity contribution >= 4 is 22.5 Å². The van der Waals surface area contributed by atoms with Gasteiger partial charge in [0, 0.05) is 4.88 Å². The summed E-state index contributed by atoms with van der Waals surface area (Å²) in [6.45, 7) is -1.34. The van der Waals surface area contributed by atoms with Gasteiger partial charge in [0.2, 0.25) is 0 Å². The second-order valence-electron chi connectivity index (χ2n) is 4.02. The van der Waals surface area contributed by atoms with Crippen molar-refractivity contribution in [3.05, 3.63) is 10.6 Å². The first-order valence-corrected chi connectivity index (χ1v) is 6.36. The van der Waals surface area contributed by atoms with Crippen LogP contribution in [0.3, 0.4) is 0 Å². The van der Waals surface area contributed by atoms with Gasteiger partial charge in [-0.1, -0.05) is 0 Å². The van der Waals surface area contributed by atoms with Crippen LogP contribution in [0.5, 0.6) is 0 Å². The quantitative estimate of drug-likeness (QED) is 0.874. The van der Waals surface area contributed by atoms with Gasteiger partial charge >= 0.3 is 12.2 Å². The highest BCUT2D eigenvalue weighted by Crippen LogP contribution is 2.29. The van der Waals surface area contributed by atoms with Gasteiger partial charge in [0.15, 0.2) is 5.13 Å². The zero-order valence-corrected chi connectivity index (χ0v) is 10.2. The van der Waals surface area contributed by atoms with Crippen molar-refractivity contribution in [1.29, 1.82) is 0 Å². The number of nitrogens with zero attached hydrogens (tertiary/aromatic N) is 1. The fourth-order valence-corrected chi connectivity index (χ4v) is 2.77. The van der Waals surface area contributed by atoms with Gasteiger partial charge in [-0.25, -0.2) is 9.78 Å². The summed E-state index contributed by atoms with van der Waals surface area (Å²) in [4.78, 5) is 16.5. The number of carbonyl (C=O) groups is 1. The molecule has 1 heterocycles. The molecule has 2 N–H and O–H groups in total. The van der Waals surface area contributed by atoms with Crippen LogP contribution >= 0.6 is 11.3 Å². The summed E-state index contributed by atoms with van der Waals surface area (Å²) in [5.74, 6) is 0. The summed E-state index contributed by atoms with van der Waals surface area (Å²) in [5.41, 5.74) is 0.956. The normalized spacial score (nSPS) is 15.1. The Morgan fingerprint density at radius 1 is 1.33 bits per heavy atom. The van der Waals surface area contributed by atoms with E-state index in [0.29, 0.717) is 5.13 Å². The average Bonchev–Trinajstić information content (AvgIpc) is 2.67. The van der Waals surface area contributed by atoms with E-state index in [9.17, 15) is 18.0 Å². The van der Waals surface area contributed by atoms with Gasteiger partial charge in [-0.15, -0.1) is 11.3 Å². The first kappa shape index (κ1) is 13.1. The highest BCUT2D eigenvalue weighted by atomic mass is 32.1. The van der Waals surface area contributed by atoms with Crippen LogP contribution in [-0.2, 0) is 12.8 Å². The number of thiazole rings is 1. The van der Waals surface area contributed by atoms with E-state index >= 15 is 0 Å². The number of hydrogen-bond donors (Lipinski definition) is 2. The molecule has 0 aliphatic heterocycles. The molecule has 0 radical (unpaired) electrons. The second kappa shape index (κ2) is 5.13. The first-order valence-electron chi connectivity index (χ1n) is 5.54. The maximum absolute atomic E-state index is 11.9. The van der Waals surface area contributed by atoms with E-state index in [2.05, 4.69) is 10.3 Å². The Morgan fingerprint density at radius 2 is 2.06 bits per heavy atom. The van der Waals surface area contributed by atoms with Crippen molar-refractivity contribution < 1.29 is 18.0 Å². The smallest absolute Gasteiger partial charge is 0.329 e. The Bertz CT molecular complexity index is 421. The predicted molar refractivity (Wildman–Crippen MR) is 61.8 cm³/mol. The number of fused-ring (bicyclic) bond motifs is 1. The number of anilines is 1. The Balaban J connectivity index is 1.89. The predicted octanol–water partition coefficient (Wildman–Crippen LogP) is 2.71. The van der Waals surface area contributed by atoms with E-state index in [0.717, 1.165) is 36.3 Å². The molecule has 0 fully saturated rings. The molecule has 0 spiro atoms. The number of nitrogens with one attached hydrogen (secondary N) is 2. The molecule has 0 aromatic carbocycles. The summed E-state index contributed by atoms with van der Waals surface area (Å²) < 4.78 is 35.7. The largest absolute Gasteiger partial charge is 0.405 e. The van der Waals surface area contributed by atoms with Gasteiger partial charge in [-0.05, 0) is 25.7 Å². The van der Waals surface area contributed by atoms with Crippen LogP contribution < -0.4 is 10.6 Å². The molecule has 1 aliphatic rings. The Kier molecular flexibility index (Phi) is 3.74. The van der Waals surface area contributed by atoms with Crippen molar-refractivity contribution in [2.24, 2.45) is 0 Å². The van der Waals surface area contributed by atoms with Crippen LogP contribution in [0.4, 0.5) is 23.1 Å². The fraction of sp³-hybridized carbons (Fsp3) is 0.600. The molecular formula is C10H12F3N3OS. The van der Waals surface area contributed by atoms with Crippen LogP contribution in [0.15, 0.2) is 0 Å². The van der Waals surface area contributed by atoms with E-state index in [1.54, 1.807) is 5.32 Å². The molecule has 8 heteroatoms. The van der Waals surface area contributed by atoms with E-state index in [-0.39, 0.29) is 0 Å². The standard InChI is InChI=1S/C10H12F3N3OS/c11-10(12,13)5-14-8(17)16-9-15-6-3-1-2-4-7(6)18-9/h1-5H2,(H2,14,15,16,17). The topological polar surface area (TPSA) is 54.0 Å². The lowest BCUT2D eigenvalue weighted by atomic mass is 10.0. The van der Waals surface area contributed by atoms with E-state index < -0.39 is 18.8 Å². The molecular weight excluding hydrogens is 267 g/mol. The number of amides is 2. The maximum atomic E-state index is 11.9. The minimum atomic E-state index is -4.40. The highest BCUT2D eigenvalue weighted by molar-refractivity contribution is 7.15. The molecule has 18 heavy (non-hydrogen) atoms. The molecule has 2 rings (SSSR count).